The zero-order valence-corrected chi connectivity index (χ0v) is 14.0. The zero-order valence-electron chi connectivity index (χ0n) is 14.0. The van der Waals surface area contributed by atoms with Crippen LogP contribution >= 0.6 is 0 Å². The highest BCUT2D eigenvalue weighted by Crippen LogP contribution is 2.30. The molecule has 0 radical (unpaired) electrons. The van der Waals surface area contributed by atoms with Crippen LogP contribution in [-0.2, 0) is 16.0 Å². The van der Waals surface area contributed by atoms with E-state index in [4.69, 9.17) is 0 Å². The van der Waals surface area contributed by atoms with E-state index in [0.717, 1.165) is 23.1 Å². The Labute approximate surface area is 142 Å². The summed E-state index contributed by atoms with van der Waals surface area (Å²) in [6.07, 6.45) is 0.785. The van der Waals surface area contributed by atoms with Crippen LogP contribution in [0.15, 0.2) is 54.6 Å². The van der Waals surface area contributed by atoms with Gasteiger partial charge in [-0.15, -0.1) is 0 Å². The van der Waals surface area contributed by atoms with Crippen molar-refractivity contribution >= 4 is 11.8 Å². The summed E-state index contributed by atoms with van der Waals surface area (Å²) in [6, 6.07) is 17.0. The zero-order chi connectivity index (χ0) is 17.1. The molecular weight excluding hydrogens is 300 g/mol. The van der Waals surface area contributed by atoms with Crippen molar-refractivity contribution in [1.29, 1.82) is 0 Å². The summed E-state index contributed by atoms with van der Waals surface area (Å²) in [6.45, 7) is 4.05. The number of amides is 2. The normalized spacial score (nSPS) is 17.8. The highest BCUT2D eigenvalue weighted by Gasteiger charge is 2.34. The Balaban J connectivity index is 1.87. The molecule has 0 fully saturated rings. The third-order valence-corrected chi connectivity index (χ3v) is 4.59. The van der Waals surface area contributed by atoms with Gasteiger partial charge in [0.15, 0.2) is 0 Å². The lowest BCUT2D eigenvalue weighted by atomic mass is 9.91. The molecule has 2 unspecified atom stereocenters. The average molecular weight is 322 g/mol. The van der Waals surface area contributed by atoms with E-state index in [0.29, 0.717) is 6.54 Å². The fraction of sp³-hybridized carbons (Fsp3) is 0.300. The van der Waals surface area contributed by atoms with Crippen molar-refractivity contribution in [3.63, 3.8) is 0 Å². The summed E-state index contributed by atoms with van der Waals surface area (Å²) in [5, 5.41) is 3.06. The molecule has 3 rings (SSSR count). The number of carbonyl (C=O) groups excluding carboxylic acids is 2. The molecular formula is C20H22N2O2. The van der Waals surface area contributed by atoms with Crippen molar-refractivity contribution in [2.75, 3.05) is 6.54 Å². The monoisotopic (exact) mass is 322 g/mol. The molecule has 0 bridgehead atoms. The van der Waals surface area contributed by atoms with E-state index >= 15 is 0 Å². The lowest BCUT2D eigenvalue weighted by molar-refractivity contribution is -0.140. The first-order chi connectivity index (χ1) is 11.6. The number of carbonyl (C=O) groups is 2. The topological polar surface area (TPSA) is 49.4 Å². The highest BCUT2D eigenvalue weighted by atomic mass is 16.2. The number of hydrogen-bond donors (Lipinski definition) is 1. The van der Waals surface area contributed by atoms with Crippen LogP contribution in [0, 0.1) is 0 Å². The molecule has 2 aromatic rings. The number of fused-ring (bicyclic) bond motifs is 1. The van der Waals surface area contributed by atoms with Crippen LogP contribution in [0.4, 0.5) is 0 Å². The maximum Gasteiger partial charge on any atom is 0.247 e. The van der Waals surface area contributed by atoms with Crippen LogP contribution in [0.2, 0.25) is 0 Å². The Kier molecular flexibility index (Phi) is 4.65. The van der Waals surface area contributed by atoms with Crippen molar-refractivity contribution in [3.05, 3.63) is 71.3 Å². The summed E-state index contributed by atoms with van der Waals surface area (Å²) in [4.78, 5) is 26.6. The van der Waals surface area contributed by atoms with E-state index in [2.05, 4.69) is 5.32 Å². The third kappa shape index (κ3) is 3.18. The molecule has 0 aliphatic carbocycles. The molecule has 0 spiro atoms. The molecule has 2 aromatic carbocycles. The minimum Gasteiger partial charge on any atom is -0.347 e. The van der Waals surface area contributed by atoms with Gasteiger partial charge in [-0.25, -0.2) is 0 Å². The van der Waals surface area contributed by atoms with Crippen LogP contribution in [-0.4, -0.2) is 23.3 Å². The van der Waals surface area contributed by atoms with Crippen molar-refractivity contribution in [1.82, 2.24) is 10.2 Å². The second kappa shape index (κ2) is 6.87. The lowest BCUT2D eigenvalue weighted by Gasteiger charge is -2.36. The summed E-state index contributed by atoms with van der Waals surface area (Å²) in [5.74, 6) is -0.203. The number of rotatable bonds is 3. The van der Waals surface area contributed by atoms with Gasteiger partial charge in [0.1, 0.15) is 6.04 Å². The summed E-state index contributed by atoms with van der Waals surface area (Å²) in [7, 11) is 0. The Hall–Kier alpha value is -2.62. The number of nitrogens with one attached hydrogen (secondary N) is 1. The predicted molar refractivity (Wildman–Crippen MR) is 93.3 cm³/mol. The van der Waals surface area contributed by atoms with Gasteiger partial charge in [0.25, 0.3) is 0 Å². The van der Waals surface area contributed by atoms with Crippen LogP contribution in [0.1, 0.15) is 42.6 Å². The van der Waals surface area contributed by atoms with Crippen LogP contribution in [0.25, 0.3) is 0 Å². The van der Waals surface area contributed by atoms with Gasteiger partial charge in [-0.2, -0.15) is 0 Å². The molecule has 124 valence electrons. The number of nitrogens with zero attached hydrogens (tertiary/aromatic N) is 1. The quantitative estimate of drug-likeness (QED) is 0.944. The van der Waals surface area contributed by atoms with E-state index in [9.17, 15) is 9.59 Å². The van der Waals surface area contributed by atoms with Gasteiger partial charge in [-0.05, 0) is 30.0 Å². The Morgan fingerprint density at radius 1 is 1.08 bits per heavy atom. The Bertz CT molecular complexity index is 742. The molecule has 1 N–H and O–H groups in total. The highest BCUT2D eigenvalue weighted by molar-refractivity contribution is 5.89. The first kappa shape index (κ1) is 16.2. The van der Waals surface area contributed by atoms with Gasteiger partial charge in [-0.3, -0.25) is 9.59 Å². The van der Waals surface area contributed by atoms with Gasteiger partial charge in [0, 0.05) is 13.5 Å². The molecule has 1 heterocycles. The smallest absolute Gasteiger partial charge is 0.247 e. The fourth-order valence-corrected chi connectivity index (χ4v) is 3.31. The Morgan fingerprint density at radius 2 is 1.75 bits per heavy atom. The minimum absolute atomic E-state index is 0.0722. The van der Waals surface area contributed by atoms with E-state index in [1.54, 1.807) is 4.90 Å². The van der Waals surface area contributed by atoms with Crippen molar-refractivity contribution < 1.29 is 9.59 Å². The third-order valence-electron chi connectivity index (χ3n) is 4.59. The van der Waals surface area contributed by atoms with Crippen LogP contribution in [0.5, 0.6) is 0 Å². The second-order valence-corrected chi connectivity index (χ2v) is 6.20. The van der Waals surface area contributed by atoms with Gasteiger partial charge >= 0.3 is 0 Å². The Morgan fingerprint density at radius 3 is 2.46 bits per heavy atom. The lowest BCUT2D eigenvalue weighted by Crippen LogP contribution is -2.46. The largest absolute Gasteiger partial charge is 0.347 e. The number of hydrogen-bond acceptors (Lipinski definition) is 2. The van der Waals surface area contributed by atoms with Crippen LogP contribution < -0.4 is 5.32 Å². The summed E-state index contributed by atoms with van der Waals surface area (Å²) in [5.41, 5.74) is 3.11. The molecule has 1 aliphatic heterocycles. The molecule has 0 saturated carbocycles. The standard InChI is InChI=1S/C20H22N2O2/c1-14(16-8-4-3-5-9-16)21-20(24)19-18-11-7-6-10-17(18)12-13-22(19)15(2)23/h3-11,14,19H,12-13H2,1-2H3,(H,21,24). The van der Waals surface area contributed by atoms with Crippen molar-refractivity contribution in [2.45, 2.75) is 32.4 Å². The van der Waals surface area contributed by atoms with E-state index in [1.807, 2.05) is 61.5 Å². The average Bonchev–Trinajstić information content (AvgIpc) is 2.61. The van der Waals surface area contributed by atoms with Crippen molar-refractivity contribution in [3.8, 4) is 0 Å². The van der Waals surface area contributed by atoms with E-state index in [-0.39, 0.29) is 17.9 Å². The first-order valence-corrected chi connectivity index (χ1v) is 8.28. The van der Waals surface area contributed by atoms with Gasteiger partial charge < -0.3 is 10.2 Å². The number of benzene rings is 2. The summed E-state index contributed by atoms with van der Waals surface area (Å²) >= 11 is 0. The maximum absolute atomic E-state index is 13.0. The van der Waals surface area contributed by atoms with Crippen LogP contribution in [0.3, 0.4) is 0 Å². The molecule has 2 atom stereocenters. The molecule has 0 saturated heterocycles. The van der Waals surface area contributed by atoms with Gasteiger partial charge in [-0.1, -0.05) is 54.6 Å². The van der Waals surface area contributed by atoms with Crippen molar-refractivity contribution in [2.24, 2.45) is 0 Å². The SMILES string of the molecule is CC(=O)N1CCc2ccccc2C1C(=O)NC(C)c1ccccc1. The minimum atomic E-state index is -0.557. The molecule has 1 aliphatic rings. The van der Waals surface area contributed by atoms with Gasteiger partial charge in [0.05, 0.1) is 6.04 Å². The van der Waals surface area contributed by atoms with Gasteiger partial charge in [0.2, 0.25) is 11.8 Å². The summed E-state index contributed by atoms with van der Waals surface area (Å²) < 4.78 is 0. The molecule has 0 aromatic heterocycles. The molecule has 4 heteroatoms. The molecule has 2 amide bonds. The molecule has 24 heavy (non-hydrogen) atoms. The predicted octanol–water partition coefficient (Wildman–Crippen LogP) is 3.01. The maximum atomic E-state index is 13.0. The first-order valence-electron chi connectivity index (χ1n) is 8.28. The second-order valence-electron chi connectivity index (χ2n) is 6.20. The van der Waals surface area contributed by atoms with E-state index in [1.165, 1.54) is 6.92 Å². The van der Waals surface area contributed by atoms with E-state index < -0.39 is 6.04 Å². The fourth-order valence-electron chi connectivity index (χ4n) is 3.31. The molecule has 4 nitrogen and oxygen atoms in total.